The lowest BCUT2D eigenvalue weighted by Gasteiger charge is -2.60. The first-order valence-corrected chi connectivity index (χ1v) is 10.1. The molecule has 2 aromatic rings. The van der Waals surface area contributed by atoms with Gasteiger partial charge in [0.05, 0.1) is 36.5 Å². The van der Waals surface area contributed by atoms with Crippen molar-refractivity contribution in [2.45, 2.75) is 56.8 Å². The van der Waals surface area contributed by atoms with Crippen LogP contribution in [-0.2, 0) is 0 Å². The Hall–Kier alpha value is -1.65. The first-order valence-electron chi connectivity index (χ1n) is 10.1. The summed E-state index contributed by atoms with van der Waals surface area (Å²) in [5.41, 5.74) is 3.75. The summed E-state index contributed by atoms with van der Waals surface area (Å²) >= 11 is 0. The summed E-state index contributed by atoms with van der Waals surface area (Å²) in [6.07, 6.45) is 9.67. The largest absolute Gasteiger partial charge is 0.393 e. The molecule has 4 nitrogen and oxygen atoms in total. The molecule has 5 aliphatic rings. The molecule has 4 bridgehead atoms. The quantitative estimate of drug-likeness (QED) is 0.892. The molecule has 4 fully saturated rings. The van der Waals surface area contributed by atoms with E-state index in [0.29, 0.717) is 17.8 Å². The van der Waals surface area contributed by atoms with Crippen LogP contribution in [0.5, 0.6) is 0 Å². The summed E-state index contributed by atoms with van der Waals surface area (Å²) < 4.78 is 2.24. The van der Waals surface area contributed by atoms with Gasteiger partial charge in [-0.05, 0) is 67.3 Å². The van der Waals surface area contributed by atoms with E-state index < -0.39 is 0 Å². The van der Waals surface area contributed by atoms with Crippen LogP contribution in [0.3, 0.4) is 0 Å². The molecule has 2 heterocycles. The lowest BCUT2D eigenvalue weighted by Crippen LogP contribution is -2.57. The summed E-state index contributed by atoms with van der Waals surface area (Å²) in [7, 11) is 0. The van der Waals surface area contributed by atoms with E-state index >= 15 is 0 Å². The molecule has 2 unspecified atom stereocenters. The van der Waals surface area contributed by atoms with Crippen LogP contribution < -0.4 is 0 Å². The van der Waals surface area contributed by atoms with Crippen molar-refractivity contribution in [2.24, 2.45) is 23.2 Å². The highest BCUT2D eigenvalue weighted by Crippen LogP contribution is 2.62. The van der Waals surface area contributed by atoms with Crippen molar-refractivity contribution < 1.29 is 10.2 Å². The number of aliphatic hydroxyl groups is 2. The lowest BCUT2D eigenvalue weighted by molar-refractivity contribution is -0.173. The zero-order valence-electron chi connectivity index (χ0n) is 15.0. The second-order valence-electron chi connectivity index (χ2n) is 9.36. The second kappa shape index (κ2) is 5.20. The summed E-state index contributed by atoms with van der Waals surface area (Å²) in [6.45, 7) is 0. The summed E-state index contributed by atoms with van der Waals surface area (Å²) in [4.78, 5) is 4.35. The maximum atomic E-state index is 11.4. The molecule has 2 N–H and O–H groups in total. The summed E-state index contributed by atoms with van der Waals surface area (Å²) in [6, 6.07) is 8.71. The van der Waals surface area contributed by atoms with E-state index in [1.807, 2.05) is 12.5 Å². The Morgan fingerprint density at radius 3 is 2.73 bits per heavy atom. The van der Waals surface area contributed by atoms with Gasteiger partial charge in [0.1, 0.15) is 0 Å². The van der Waals surface area contributed by atoms with E-state index in [1.165, 1.54) is 29.7 Å². The Kier molecular flexibility index (Phi) is 3.08. The number of hydrogen-bond donors (Lipinski definition) is 2. The highest BCUT2D eigenvalue weighted by molar-refractivity contribution is 5.68. The molecule has 4 saturated carbocycles. The lowest BCUT2D eigenvalue weighted by atomic mass is 9.47. The number of aliphatic hydroxyl groups excluding tert-OH is 2. The van der Waals surface area contributed by atoms with Crippen LogP contribution in [0.4, 0.5) is 0 Å². The zero-order chi connectivity index (χ0) is 17.5. The van der Waals surface area contributed by atoms with Crippen molar-refractivity contribution in [3.05, 3.63) is 42.4 Å². The number of fused-ring (bicyclic) bond motifs is 3. The standard InChI is InChI=1S/C22H26N2O2/c25-20(22-8-13-5-14(9-22)21(26)15(6-13)10-22)7-18-16-3-1-2-4-17(16)19-11-23-12-24(18)19/h1-4,11-15,18,20-21,25-26H,5-10H2/t13?,14?,15?,18-,20+,21?,22?/m1/s1. The monoisotopic (exact) mass is 350 g/mol. The molecule has 4 aliphatic carbocycles. The zero-order valence-corrected chi connectivity index (χ0v) is 15.0. The molecule has 0 amide bonds. The Bertz CT molecular complexity index is 843. The fourth-order valence-corrected chi connectivity index (χ4v) is 7.10. The minimum atomic E-state index is -0.311. The van der Waals surface area contributed by atoms with Crippen LogP contribution in [0, 0.1) is 23.2 Å². The van der Waals surface area contributed by atoms with Crippen LogP contribution in [0.25, 0.3) is 11.3 Å². The van der Waals surface area contributed by atoms with E-state index in [-0.39, 0.29) is 23.7 Å². The van der Waals surface area contributed by atoms with Crippen LogP contribution in [-0.4, -0.2) is 32.0 Å². The molecule has 0 spiro atoms. The van der Waals surface area contributed by atoms with E-state index in [0.717, 1.165) is 25.7 Å². The third-order valence-corrected chi connectivity index (χ3v) is 8.02. The molecule has 4 heteroatoms. The number of nitrogens with zero attached hydrogens (tertiary/aromatic N) is 2. The SMILES string of the molecule is OC1C2CC3CC1CC([C@@H](O)C[C@@H]1c4ccccc4-c4cncn41)(C3)C2. The van der Waals surface area contributed by atoms with Crippen LogP contribution >= 0.6 is 0 Å². The van der Waals surface area contributed by atoms with Gasteiger partial charge >= 0.3 is 0 Å². The summed E-state index contributed by atoms with van der Waals surface area (Å²) in [5, 5.41) is 22.0. The summed E-state index contributed by atoms with van der Waals surface area (Å²) in [5.74, 6) is 1.54. The molecule has 0 saturated heterocycles. The Morgan fingerprint density at radius 1 is 1.15 bits per heavy atom. The van der Waals surface area contributed by atoms with Gasteiger partial charge in [0.15, 0.2) is 0 Å². The normalized spacial score (nSPS) is 40.5. The van der Waals surface area contributed by atoms with Gasteiger partial charge in [0.2, 0.25) is 0 Å². The van der Waals surface area contributed by atoms with Crippen molar-refractivity contribution in [2.75, 3.05) is 0 Å². The predicted molar refractivity (Wildman–Crippen MR) is 98.4 cm³/mol. The molecule has 0 radical (unpaired) electrons. The van der Waals surface area contributed by atoms with Crippen LogP contribution in [0.15, 0.2) is 36.8 Å². The number of benzene rings is 1. The Morgan fingerprint density at radius 2 is 1.92 bits per heavy atom. The molecule has 1 aromatic carbocycles. The first kappa shape index (κ1) is 15.4. The smallest absolute Gasteiger partial charge is 0.0956 e. The highest BCUT2D eigenvalue weighted by atomic mass is 16.3. The highest BCUT2D eigenvalue weighted by Gasteiger charge is 2.57. The number of rotatable bonds is 3. The fourth-order valence-electron chi connectivity index (χ4n) is 7.10. The second-order valence-corrected chi connectivity index (χ2v) is 9.36. The van der Waals surface area contributed by atoms with Gasteiger partial charge in [-0.3, -0.25) is 0 Å². The molecule has 1 aliphatic heterocycles. The third-order valence-electron chi connectivity index (χ3n) is 8.02. The maximum Gasteiger partial charge on any atom is 0.0956 e. The van der Waals surface area contributed by atoms with Gasteiger partial charge < -0.3 is 14.8 Å². The topological polar surface area (TPSA) is 58.3 Å². The van der Waals surface area contributed by atoms with Crippen molar-refractivity contribution in [3.8, 4) is 11.3 Å². The molecular formula is C22H26N2O2. The maximum absolute atomic E-state index is 11.4. The minimum Gasteiger partial charge on any atom is -0.393 e. The van der Waals surface area contributed by atoms with E-state index in [4.69, 9.17) is 0 Å². The average molecular weight is 350 g/mol. The molecule has 1 aromatic heterocycles. The molecule has 7 rings (SSSR count). The third kappa shape index (κ3) is 1.95. The average Bonchev–Trinajstić information content (AvgIpc) is 3.22. The fraction of sp³-hybridized carbons (Fsp3) is 0.591. The number of aromatic nitrogens is 2. The van der Waals surface area contributed by atoms with Gasteiger partial charge in [-0.15, -0.1) is 0 Å². The van der Waals surface area contributed by atoms with E-state index in [1.54, 1.807) is 0 Å². The van der Waals surface area contributed by atoms with Crippen LogP contribution in [0.1, 0.15) is 50.1 Å². The van der Waals surface area contributed by atoms with Gasteiger partial charge in [-0.25, -0.2) is 4.98 Å². The number of imidazole rings is 1. The van der Waals surface area contributed by atoms with Crippen molar-refractivity contribution in [3.63, 3.8) is 0 Å². The van der Waals surface area contributed by atoms with Crippen molar-refractivity contribution >= 4 is 0 Å². The predicted octanol–water partition coefficient (Wildman–Crippen LogP) is 3.39. The van der Waals surface area contributed by atoms with Gasteiger partial charge in [0, 0.05) is 5.56 Å². The molecule has 26 heavy (non-hydrogen) atoms. The molecule has 4 atom stereocenters. The molecular weight excluding hydrogens is 324 g/mol. The minimum absolute atomic E-state index is 0.0218. The van der Waals surface area contributed by atoms with Gasteiger partial charge in [-0.1, -0.05) is 24.3 Å². The number of hydrogen-bond acceptors (Lipinski definition) is 3. The Balaban J connectivity index is 1.33. The van der Waals surface area contributed by atoms with Crippen molar-refractivity contribution in [1.29, 1.82) is 0 Å². The molecule has 136 valence electrons. The van der Waals surface area contributed by atoms with E-state index in [2.05, 4.69) is 33.8 Å². The van der Waals surface area contributed by atoms with Gasteiger partial charge in [0.25, 0.3) is 0 Å². The van der Waals surface area contributed by atoms with Crippen LogP contribution in [0.2, 0.25) is 0 Å². The van der Waals surface area contributed by atoms with Gasteiger partial charge in [-0.2, -0.15) is 0 Å². The van der Waals surface area contributed by atoms with Crippen molar-refractivity contribution in [1.82, 2.24) is 9.55 Å². The first-order chi connectivity index (χ1) is 12.6. The Labute approximate surface area is 153 Å². The van der Waals surface area contributed by atoms with E-state index in [9.17, 15) is 10.2 Å².